The van der Waals surface area contributed by atoms with Crippen molar-refractivity contribution in [1.29, 1.82) is 0 Å². The summed E-state index contributed by atoms with van der Waals surface area (Å²) in [5.74, 6) is 0.208. The summed E-state index contributed by atoms with van der Waals surface area (Å²) in [7, 11) is 0.692. The highest BCUT2D eigenvalue weighted by atomic mass is 32.3. The lowest BCUT2D eigenvalue weighted by molar-refractivity contribution is -0.131. The van der Waals surface area contributed by atoms with Crippen molar-refractivity contribution in [3.05, 3.63) is 102 Å². The predicted molar refractivity (Wildman–Crippen MR) is 164 cm³/mol. The Morgan fingerprint density at radius 3 is 1.79 bits per heavy atom. The van der Waals surface area contributed by atoms with Crippen LogP contribution < -0.4 is 9.47 Å². The van der Waals surface area contributed by atoms with E-state index in [0.29, 0.717) is 29.7 Å². The molecular formula is C32H39NO9S. The van der Waals surface area contributed by atoms with E-state index in [4.69, 9.17) is 36.8 Å². The number of carbonyl (C=O) groups is 1. The molecule has 0 aliphatic carbocycles. The molecule has 11 heteroatoms. The third-order valence-electron chi connectivity index (χ3n) is 7.41. The second kappa shape index (κ2) is 16.2. The van der Waals surface area contributed by atoms with Crippen LogP contribution in [0.3, 0.4) is 0 Å². The number of carboxylic acid groups (broad SMARTS) is 1. The fraction of sp³-hybridized carbons (Fsp3) is 0.344. The second-order valence-corrected chi connectivity index (χ2v) is 11.1. The topological polar surface area (TPSA) is 143 Å². The zero-order valence-electron chi connectivity index (χ0n) is 24.4. The molecule has 2 unspecified atom stereocenters. The van der Waals surface area contributed by atoms with Crippen LogP contribution in [0.5, 0.6) is 11.5 Å². The Labute approximate surface area is 253 Å². The maximum Gasteiger partial charge on any atom is 0.394 e. The molecule has 2 aliphatic rings. The molecule has 0 aromatic heterocycles. The van der Waals surface area contributed by atoms with Crippen molar-refractivity contribution in [3.8, 4) is 11.5 Å². The quantitative estimate of drug-likeness (QED) is 0.218. The van der Waals surface area contributed by atoms with E-state index in [1.165, 1.54) is 50.0 Å². The van der Waals surface area contributed by atoms with E-state index in [1.807, 2.05) is 0 Å². The second-order valence-electron chi connectivity index (χ2n) is 10.2. The van der Waals surface area contributed by atoms with E-state index in [1.54, 1.807) is 25.3 Å². The van der Waals surface area contributed by atoms with Gasteiger partial charge in [-0.25, -0.2) is 4.79 Å². The standard InChI is InChI=1S/C21H25NO.C11H12O4.H2O4S/c1-22-18-12-13-19(22)15-20(14-18)23-21(16-8-4-2-5-9-16)17-10-6-3-7-11-17;1-14-9-5-3-8(4-6-11(12)13)7-10(9)15-2;1-5(2,3)4/h2-11,18-21H,12-15H2,1H3;3-7H,1-2H3,(H,12,13);(H2,1,2,3,4). The third kappa shape index (κ3) is 11.1. The van der Waals surface area contributed by atoms with Crippen LogP contribution in [-0.2, 0) is 19.9 Å². The molecule has 3 aromatic rings. The molecule has 2 saturated heterocycles. The van der Waals surface area contributed by atoms with E-state index < -0.39 is 16.4 Å². The zero-order valence-corrected chi connectivity index (χ0v) is 25.3. The predicted octanol–water partition coefficient (Wildman–Crippen LogP) is 5.57. The van der Waals surface area contributed by atoms with Gasteiger partial charge in [-0.2, -0.15) is 8.42 Å². The van der Waals surface area contributed by atoms with Crippen molar-refractivity contribution in [2.75, 3.05) is 21.3 Å². The van der Waals surface area contributed by atoms with E-state index in [0.717, 1.165) is 11.6 Å². The largest absolute Gasteiger partial charge is 0.493 e. The normalized spacial score (nSPS) is 19.6. The van der Waals surface area contributed by atoms with Gasteiger partial charge in [-0.3, -0.25) is 9.11 Å². The minimum atomic E-state index is -4.67. The molecule has 2 bridgehead atoms. The van der Waals surface area contributed by atoms with Gasteiger partial charge >= 0.3 is 16.4 Å². The fourth-order valence-corrected chi connectivity index (χ4v) is 5.39. The van der Waals surface area contributed by atoms with Crippen molar-refractivity contribution in [1.82, 2.24) is 4.90 Å². The highest BCUT2D eigenvalue weighted by Crippen LogP contribution is 2.38. The summed E-state index contributed by atoms with van der Waals surface area (Å²) in [6, 6.07) is 27.9. The van der Waals surface area contributed by atoms with Crippen LogP contribution in [0, 0.1) is 0 Å². The van der Waals surface area contributed by atoms with Gasteiger partial charge in [0.25, 0.3) is 0 Å². The lowest BCUT2D eigenvalue weighted by atomic mass is 9.97. The van der Waals surface area contributed by atoms with E-state index >= 15 is 0 Å². The number of piperidine rings is 1. The molecular weight excluding hydrogens is 574 g/mol. The van der Waals surface area contributed by atoms with Gasteiger partial charge in [0.1, 0.15) is 6.10 Å². The summed E-state index contributed by atoms with van der Waals surface area (Å²) in [6.45, 7) is 0. The number of hydrogen-bond acceptors (Lipinski definition) is 7. The molecule has 232 valence electrons. The van der Waals surface area contributed by atoms with Gasteiger partial charge in [0.05, 0.1) is 20.3 Å². The Balaban J connectivity index is 0.000000218. The molecule has 43 heavy (non-hydrogen) atoms. The number of methoxy groups -OCH3 is 2. The van der Waals surface area contributed by atoms with E-state index in [-0.39, 0.29) is 6.10 Å². The highest BCUT2D eigenvalue weighted by molar-refractivity contribution is 7.79. The van der Waals surface area contributed by atoms with Gasteiger partial charge in [0, 0.05) is 18.2 Å². The molecule has 3 aromatic carbocycles. The molecule has 3 N–H and O–H groups in total. The average molecular weight is 614 g/mol. The van der Waals surface area contributed by atoms with E-state index in [2.05, 4.69) is 72.6 Å². The lowest BCUT2D eigenvalue weighted by Crippen LogP contribution is -2.43. The Morgan fingerprint density at radius 2 is 1.35 bits per heavy atom. The summed E-state index contributed by atoms with van der Waals surface area (Å²) < 4.78 is 48.4. The number of carboxylic acids is 1. The van der Waals surface area contributed by atoms with Crippen LogP contribution in [0.15, 0.2) is 84.9 Å². The Hall–Kier alpha value is -3.74. The number of fused-ring (bicyclic) bond motifs is 2. The molecule has 2 fully saturated rings. The van der Waals surface area contributed by atoms with Crippen LogP contribution in [0.4, 0.5) is 0 Å². The van der Waals surface area contributed by atoms with E-state index in [9.17, 15) is 4.79 Å². The van der Waals surface area contributed by atoms with Gasteiger partial charge in [-0.15, -0.1) is 0 Å². The first-order valence-electron chi connectivity index (χ1n) is 13.8. The number of hydrogen-bond donors (Lipinski definition) is 3. The monoisotopic (exact) mass is 613 g/mol. The van der Waals surface area contributed by atoms with Crippen molar-refractivity contribution >= 4 is 22.4 Å². The molecule has 0 radical (unpaired) electrons. The molecule has 2 atom stereocenters. The molecule has 10 nitrogen and oxygen atoms in total. The summed E-state index contributed by atoms with van der Waals surface area (Å²) in [4.78, 5) is 12.9. The molecule has 2 aliphatic heterocycles. The Morgan fingerprint density at radius 1 is 0.860 bits per heavy atom. The minimum absolute atomic E-state index is 0.0465. The number of nitrogens with zero attached hydrogens (tertiary/aromatic N) is 1. The van der Waals surface area contributed by atoms with Crippen molar-refractivity contribution in [3.63, 3.8) is 0 Å². The van der Waals surface area contributed by atoms with Gasteiger partial charge in [-0.05, 0) is 67.6 Å². The average Bonchev–Trinajstić information content (AvgIpc) is 3.18. The summed E-state index contributed by atoms with van der Waals surface area (Å²) >= 11 is 0. The molecule has 0 amide bonds. The highest BCUT2D eigenvalue weighted by Gasteiger charge is 2.39. The first kappa shape index (κ1) is 33.8. The molecule has 0 spiro atoms. The maximum absolute atomic E-state index is 10.3. The first-order chi connectivity index (χ1) is 20.5. The summed E-state index contributed by atoms with van der Waals surface area (Å²) in [6.07, 6.45) is 7.99. The van der Waals surface area contributed by atoms with Gasteiger partial charge < -0.3 is 24.2 Å². The Kier molecular flexibility index (Phi) is 12.7. The number of benzene rings is 3. The Bertz CT molecular complexity index is 1370. The summed E-state index contributed by atoms with van der Waals surface area (Å²) in [5, 5.41) is 8.46. The summed E-state index contributed by atoms with van der Waals surface area (Å²) in [5.41, 5.74) is 3.25. The van der Waals surface area contributed by atoms with Gasteiger partial charge in [0.2, 0.25) is 0 Å². The smallest absolute Gasteiger partial charge is 0.394 e. The van der Waals surface area contributed by atoms with Crippen LogP contribution >= 0.6 is 0 Å². The van der Waals surface area contributed by atoms with Crippen LogP contribution in [0.25, 0.3) is 6.08 Å². The van der Waals surface area contributed by atoms with Gasteiger partial charge in [-0.1, -0.05) is 66.7 Å². The third-order valence-corrected chi connectivity index (χ3v) is 7.41. The van der Waals surface area contributed by atoms with Crippen LogP contribution in [0.1, 0.15) is 48.5 Å². The van der Waals surface area contributed by atoms with Crippen molar-refractivity contribution in [2.45, 2.75) is 50.0 Å². The SMILES string of the molecule is CN1C2CCC1CC(OC(c1ccccc1)c1ccccc1)C2.COc1ccc(C=CC(=O)O)cc1OC.O=S(=O)(O)O. The van der Waals surface area contributed by atoms with Gasteiger partial charge in [0.15, 0.2) is 11.5 Å². The number of aliphatic carboxylic acids is 1. The first-order valence-corrected chi connectivity index (χ1v) is 15.2. The molecule has 2 heterocycles. The van der Waals surface area contributed by atoms with Crippen LogP contribution in [0.2, 0.25) is 0 Å². The molecule has 5 rings (SSSR count). The number of ether oxygens (including phenoxy) is 3. The zero-order chi connectivity index (χ0) is 31.4. The van der Waals surface area contributed by atoms with Crippen LogP contribution in [-0.4, -0.2) is 73.0 Å². The van der Waals surface area contributed by atoms with Crippen molar-refractivity contribution < 1.29 is 41.6 Å². The fourth-order valence-electron chi connectivity index (χ4n) is 5.39. The van der Waals surface area contributed by atoms with Crippen molar-refractivity contribution in [2.24, 2.45) is 0 Å². The maximum atomic E-state index is 10.3. The lowest BCUT2D eigenvalue weighted by Gasteiger charge is -2.38. The molecule has 0 saturated carbocycles. The number of rotatable bonds is 8. The minimum Gasteiger partial charge on any atom is -0.493 e.